The van der Waals surface area contributed by atoms with Crippen molar-refractivity contribution in [1.82, 2.24) is 4.90 Å². The lowest BCUT2D eigenvalue weighted by molar-refractivity contribution is -0.155. The molecule has 0 N–H and O–H groups in total. The van der Waals surface area contributed by atoms with Crippen molar-refractivity contribution < 1.29 is 23.8 Å². The smallest absolute Gasteiger partial charge is 0.411 e. The average molecular weight is 358 g/mol. The van der Waals surface area contributed by atoms with Crippen LogP contribution in [-0.4, -0.2) is 48.3 Å². The van der Waals surface area contributed by atoms with Crippen molar-refractivity contribution in [3.8, 4) is 0 Å². The normalized spacial score (nSPS) is 11.0. The first-order chi connectivity index (χ1) is 11.3. The van der Waals surface area contributed by atoms with Gasteiger partial charge in [0.15, 0.2) is 6.07 Å². The van der Waals surface area contributed by atoms with Crippen molar-refractivity contribution in [2.24, 2.45) is 0 Å². The monoisotopic (exact) mass is 357 g/mol. The van der Waals surface area contributed by atoms with Gasteiger partial charge in [-0.2, -0.15) is 0 Å². The van der Waals surface area contributed by atoms with E-state index in [1.54, 1.807) is 20.8 Å². The summed E-state index contributed by atoms with van der Waals surface area (Å²) in [7, 11) is 0. The first-order valence-corrected chi connectivity index (χ1v) is 8.16. The molecule has 1 aromatic carbocycles. The second-order valence-corrected chi connectivity index (χ2v) is 6.28. The molecule has 0 bridgehead atoms. The Morgan fingerprint density at radius 3 is 2.42 bits per heavy atom. The summed E-state index contributed by atoms with van der Waals surface area (Å²) in [4.78, 5) is 25.0. The van der Waals surface area contributed by atoms with Gasteiger partial charge in [0.2, 0.25) is 0 Å². The van der Waals surface area contributed by atoms with Crippen LogP contribution in [-0.2, 0) is 25.6 Å². The topological polar surface area (TPSA) is 65.1 Å². The number of rotatable bonds is 8. The Kier molecular flexibility index (Phi) is 8.57. The summed E-state index contributed by atoms with van der Waals surface area (Å²) in [6, 6.07) is 9.37. The molecule has 0 fully saturated rings. The van der Waals surface area contributed by atoms with E-state index in [0.717, 1.165) is 5.56 Å². The number of amides is 1. The molecule has 0 aliphatic rings. The zero-order valence-electron chi connectivity index (χ0n) is 14.3. The lowest BCUT2D eigenvalue weighted by atomic mass is 10.2. The molecule has 0 aromatic heterocycles. The maximum atomic E-state index is 11.9. The zero-order chi connectivity index (χ0) is 18.0. The molecule has 1 rings (SSSR count). The molecule has 0 aliphatic heterocycles. The second kappa shape index (κ2) is 10.2. The lowest BCUT2D eigenvalue weighted by Gasteiger charge is -2.24. The molecule has 0 radical (unpaired) electrons. The summed E-state index contributed by atoms with van der Waals surface area (Å²) >= 11 is 5.41. The van der Waals surface area contributed by atoms with Crippen molar-refractivity contribution in [3.63, 3.8) is 0 Å². The molecule has 0 saturated carbocycles. The number of ether oxygens (including phenoxy) is 3. The van der Waals surface area contributed by atoms with Crippen LogP contribution >= 0.6 is 11.6 Å². The molecule has 1 aromatic rings. The van der Waals surface area contributed by atoms with E-state index in [1.807, 2.05) is 30.3 Å². The van der Waals surface area contributed by atoms with Crippen LogP contribution in [0.25, 0.3) is 0 Å². The third kappa shape index (κ3) is 8.74. The van der Waals surface area contributed by atoms with Crippen molar-refractivity contribution in [1.29, 1.82) is 0 Å². The van der Waals surface area contributed by atoms with E-state index in [1.165, 1.54) is 4.90 Å². The molecule has 24 heavy (non-hydrogen) atoms. The van der Waals surface area contributed by atoms with Gasteiger partial charge in [-0.05, 0) is 26.3 Å². The fourth-order valence-electron chi connectivity index (χ4n) is 1.84. The summed E-state index contributed by atoms with van der Waals surface area (Å²) in [6.45, 7) is 5.93. The van der Waals surface area contributed by atoms with Crippen molar-refractivity contribution >= 4 is 23.7 Å². The highest BCUT2D eigenvalue weighted by Crippen LogP contribution is 2.08. The Morgan fingerprint density at radius 2 is 1.83 bits per heavy atom. The molecule has 7 heteroatoms. The first-order valence-electron chi connectivity index (χ1n) is 7.63. The molecule has 0 saturated heterocycles. The molecule has 0 heterocycles. The van der Waals surface area contributed by atoms with E-state index < -0.39 is 17.7 Å². The first kappa shape index (κ1) is 20.3. The van der Waals surface area contributed by atoms with Gasteiger partial charge in [-0.3, -0.25) is 9.69 Å². The Bertz CT molecular complexity index is 515. The fourth-order valence-corrected chi connectivity index (χ4v) is 1.93. The maximum absolute atomic E-state index is 11.9. The summed E-state index contributed by atoms with van der Waals surface area (Å²) in [5, 5.41) is 0. The van der Waals surface area contributed by atoms with E-state index in [0.29, 0.717) is 6.61 Å². The van der Waals surface area contributed by atoms with Crippen LogP contribution in [0.4, 0.5) is 4.79 Å². The van der Waals surface area contributed by atoms with Crippen LogP contribution in [0.15, 0.2) is 30.3 Å². The Morgan fingerprint density at radius 1 is 1.17 bits per heavy atom. The van der Waals surface area contributed by atoms with Crippen LogP contribution in [0.1, 0.15) is 26.3 Å². The molecule has 0 spiro atoms. The van der Waals surface area contributed by atoms with Gasteiger partial charge in [-0.15, -0.1) is 0 Å². The van der Waals surface area contributed by atoms with Gasteiger partial charge in [-0.1, -0.05) is 41.9 Å². The lowest BCUT2D eigenvalue weighted by Crippen LogP contribution is -2.40. The fraction of sp³-hybridized carbons (Fsp3) is 0.529. The van der Waals surface area contributed by atoms with Gasteiger partial charge in [0.25, 0.3) is 0 Å². The van der Waals surface area contributed by atoms with E-state index in [9.17, 15) is 9.59 Å². The van der Waals surface area contributed by atoms with Crippen LogP contribution < -0.4 is 0 Å². The molecule has 1 amide bonds. The summed E-state index contributed by atoms with van der Waals surface area (Å²) in [6.07, 6.45) is -0.681. The number of carbonyl (C=O) groups excluding carboxylic acids is 2. The minimum absolute atomic E-state index is 0.196. The predicted octanol–water partition coefficient (Wildman–Crippen LogP) is 3.18. The zero-order valence-corrected chi connectivity index (χ0v) is 15.0. The Balaban J connectivity index is 2.47. The van der Waals surface area contributed by atoms with Crippen LogP contribution in [0, 0.1) is 0 Å². The number of carbonyl (C=O) groups is 2. The summed E-state index contributed by atoms with van der Waals surface area (Å²) in [5.41, 5.74) is 0.405. The van der Waals surface area contributed by atoms with Gasteiger partial charge < -0.3 is 14.2 Å². The largest absolute Gasteiger partial charge is 0.459 e. The summed E-state index contributed by atoms with van der Waals surface area (Å²) in [5.74, 6) is -0.517. The molecular weight excluding hydrogens is 334 g/mol. The molecule has 134 valence electrons. The van der Waals surface area contributed by atoms with Crippen LogP contribution in [0.5, 0.6) is 0 Å². The predicted molar refractivity (Wildman–Crippen MR) is 90.7 cm³/mol. The Labute approximate surface area is 147 Å². The highest BCUT2D eigenvalue weighted by atomic mass is 35.5. The van der Waals surface area contributed by atoms with Gasteiger partial charge in [0.05, 0.1) is 13.2 Å². The number of hydrogen-bond acceptors (Lipinski definition) is 5. The number of benzene rings is 1. The van der Waals surface area contributed by atoms with Gasteiger partial charge in [-0.25, -0.2) is 4.79 Å². The second-order valence-electron chi connectivity index (χ2n) is 6.07. The molecular formula is C17H24ClNO5. The van der Waals surface area contributed by atoms with E-state index >= 15 is 0 Å². The minimum Gasteiger partial charge on any atom is -0.459 e. The number of alkyl halides is 1. The van der Waals surface area contributed by atoms with Gasteiger partial charge >= 0.3 is 12.1 Å². The SMILES string of the molecule is CC(C)(C)OC(=O)CN(CCOCc1ccccc1)C(=O)OCCl. The van der Waals surface area contributed by atoms with Crippen molar-refractivity contribution in [2.75, 3.05) is 25.8 Å². The van der Waals surface area contributed by atoms with Crippen molar-refractivity contribution in [2.45, 2.75) is 33.0 Å². The molecule has 6 nitrogen and oxygen atoms in total. The third-order valence-electron chi connectivity index (χ3n) is 2.79. The average Bonchev–Trinajstić information content (AvgIpc) is 2.49. The number of halogens is 1. The van der Waals surface area contributed by atoms with E-state index in [-0.39, 0.29) is 25.8 Å². The van der Waals surface area contributed by atoms with E-state index in [2.05, 4.69) is 0 Å². The quantitative estimate of drug-likeness (QED) is 0.406. The molecule has 0 atom stereocenters. The summed E-state index contributed by atoms with van der Waals surface area (Å²) < 4.78 is 15.5. The minimum atomic E-state index is -0.681. The van der Waals surface area contributed by atoms with Gasteiger partial charge in [0, 0.05) is 6.54 Å². The molecule has 0 unspecified atom stereocenters. The van der Waals surface area contributed by atoms with Crippen LogP contribution in [0.2, 0.25) is 0 Å². The number of nitrogens with zero attached hydrogens (tertiary/aromatic N) is 1. The highest BCUT2D eigenvalue weighted by Gasteiger charge is 2.22. The van der Waals surface area contributed by atoms with E-state index in [4.69, 9.17) is 25.8 Å². The molecule has 0 aliphatic carbocycles. The highest BCUT2D eigenvalue weighted by molar-refractivity contribution is 6.17. The van der Waals surface area contributed by atoms with Gasteiger partial charge in [0.1, 0.15) is 12.1 Å². The van der Waals surface area contributed by atoms with Crippen LogP contribution in [0.3, 0.4) is 0 Å². The Hall–Kier alpha value is -1.79. The number of hydrogen-bond donors (Lipinski definition) is 0. The van der Waals surface area contributed by atoms with Crippen molar-refractivity contribution in [3.05, 3.63) is 35.9 Å². The maximum Gasteiger partial charge on any atom is 0.411 e. The standard InChI is InChI=1S/C17H24ClNO5/c1-17(2,3)24-15(20)11-19(16(21)23-13-18)9-10-22-12-14-7-5-4-6-8-14/h4-8H,9-13H2,1-3H3. The third-order valence-corrected chi connectivity index (χ3v) is 2.90. The number of esters is 1.